The average Bonchev–Trinajstić information content (AvgIpc) is 3.58. The van der Waals surface area contributed by atoms with Gasteiger partial charge in [-0.2, -0.15) is 0 Å². The van der Waals surface area contributed by atoms with Crippen LogP contribution in [-0.2, 0) is 65.4 Å². The minimum absolute atomic E-state index is 0.104. The maximum atomic E-state index is 13.0. The number of carbonyl (C=O) groups is 4. The molecule has 0 aliphatic carbocycles. The van der Waals surface area contributed by atoms with E-state index in [1.165, 1.54) is 135 Å². The van der Waals surface area contributed by atoms with Gasteiger partial charge >= 0.3 is 39.5 Å². The molecule has 0 aromatic heterocycles. The van der Waals surface area contributed by atoms with E-state index in [-0.39, 0.29) is 25.7 Å². The third-order valence-corrected chi connectivity index (χ3v) is 18.1. The molecule has 88 heavy (non-hydrogen) atoms. The fourth-order valence-corrected chi connectivity index (χ4v) is 11.9. The molecule has 0 spiro atoms. The zero-order valence-corrected chi connectivity index (χ0v) is 59.1. The number of rotatable bonds is 66. The predicted molar refractivity (Wildman–Crippen MR) is 354 cm³/mol. The van der Waals surface area contributed by atoms with Gasteiger partial charge in [0.05, 0.1) is 26.4 Å². The van der Waals surface area contributed by atoms with E-state index in [9.17, 15) is 43.2 Å². The predicted octanol–water partition coefficient (Wildman–Crippen LogP) is 19.3. The molecule has 0 aromatic rings. The van der Waals surface area contributed by atoms with Crippen LogP contribution in [0, 0.1) is 23.7 Å². The number of ether oxygens (including phenoxy) is 4. The van der Waals surface area contributed by atoms with Gasteiger partial charge in [0.1, 0.15) is 19.3 Å². The zero-order chi connectivity index (χ0) is 65.4. The monoisotopic (exact) mass is 1300 g/mol. The number of aliphatic hydroxyl groups excluding tert-OH is 1. The average molecular weight is 1300 g/mol. The summed E-state index contributed by atoms with van der Waals surface area (Å²) < 4.78 is 68.2. The summed E-state index contributed by atoms with van der Waals surface area (Å²) in [5.74, 6) is 0.828. The van der Waals surface area contributed by atoms with E-state index in [0.29, 0.717) is 31.6 Å². The van der Waals surface area contributed by atoms with Crippen LogP contribution in [0.3, 0.4) is 0 Å². The topological polar surface area (TPSA) is 237 Å². The van der Waals surface area contributed by atoms with Crippen molar-refractivity contribution in [1.29, 1.82) is 0 Å². The molecule has 0 amide bonds. The summed E-state index contributed by atoms with van der Waals surface area (Å²) in [6.45, 7) is 14.0. The second kappa shape index (κ2) is 58.8. The largest absolute Gasteiger partial charge is 0.472 e. The number of unbranched alkanes of at least 4 members (excludes halogenated alkanes) is 31. The molecule has 522 valence electrons. The van der Waals surface area contributed by atoms with Crippen molar-refractivity contribution in [2.45, 2.75) is 356 Å². The maximum absolute atomic E-state index is 13.0. The summed E-state index contributed by atoms with van der Waals surface area (Å²) in [5, 5.41) is 10.6. The molecule has 0 rings (SSSR count). The Balaban J connectivity index is 5.24. The lowest BCUT2D eigenvalue weighted by molar-refractivity contribution is -0.161. The van der Waals surface area contributed by atoms with Crippen molar-refractivity contribution in [3.63, 3.8) is 0 Å². The highest BCUT2D eigenvalue weighted by atomic mass is 31.2. The number of phosphoric acid groups is 2. The van der Waals surface area contributed by atoms with Gasteiger partial charge in [0.25, 0.3) is 0 Å². The fourth-order valence-electron chi connectivity index (χ4n) is 10.3. The molecule has 0 saturated heterocycles. The Kier molecular flexibility index (Phi) is 57.6. The highest BCUT2D eigenvalue weighted by Crippen LogP contribution is 2.45. The van der Waals surface area contributed by atoms with Gasteiger partial charge in [0.2, 0.25) is 0 Å². The molecule has 3 N–H and O–H groups in total. The number of hydrogen-bond acceptors (Lipinski definition) is 15. The highest BCUT2D eigenvalue weighted by molar-refractivity contribution is 7.47. The number of aliphatic hydroxyl groups is 1. The molecular weight excluding hydrogens is 1160 g/mol. The van der Waals surface area contributed by atoms with Gasteiger partial charge in [0, 0.05) is 25.7 Å². The van der Waals surface area contributed by atoms with Crippen LogP contribution >= 0.6 is 15.6 Å². The van der Waals surface area contributed by atoms with Gasteiger partial charge in [-0.25, -0.2) is 9.13 Å². The van der Waals surface area contributed by atoms with Crippen molar-refractivity contribution < 1.29 is 80.2 Å². The molecule has 0 heterocycles. The SMILES string of the molecule is CCC(C)CCCCCCCCCCC(=O)O[C@H](COC(=O)CCCCCCCCCCC(C)C)COP(=O)(O)OC[C@@H](O)COP(=O)(O)OC[C@@H](COC(=O)CCCCCCCCC(C)C)OC(=O)CCCCCCCCCCCCCCCC(C)C. The Morgan fingerprint density at radius 1 is 0.318 bits per heavy atom. The summed E-state index contributed by atoms with van der Waals surface area (Å²) in [4.78, 5) is 72.4. The van der Waals surface area contributed by atoms with Crippen LogP contribution in [0.15, 0.2) is 0 Å². The van der Waals surface area contributed by atoms with E-state index in [2.05, 4.69) is 55.4 Å². The first-order chi connectivity index (χ1) is 42.1. The van der Waals surface area contributed by atoms with Crippen LogP contribution in [0.25, 0.3) is 0 Å². The fraction of sp³-hybridized carbons (Fsp3) is 0.942. The molecule has 0 aromatic carbocycles. The number of esters is 4. The first kappa shape index (κ1) is 86.1. The van der Waals surface area contributed by atoms with E-state index in [1.807, 2.05) is 0 Å². The lowest BCUT2D eigenvalue weighted by Gasteiger charge is -2.21. The molecule has 0 fully saturated rings. The third-order valence-electron chi connectivity index (χ3n) is 16.2. The normalized spacial score (nSPS) is 14.6. The number of carbonyl (C=O) groups excluding carboxylic acids is 4. The van der Waals surface area contributed by atoms with Crippen LogP contribution in [-0.4, -0.2) is 96.7 Å². The van der Waals surface area contributed by atoms with E-state index in [4.69, 9.17) is 37.0 Å². The summed E-state index contributed by atoms with van der Waals surface area (Å²) in [6, 6.07) is 0. The quantitative estimate of drug-likeness (QED) is 0.0222. The Bertz CT molecular complexity index is 1750. The number of phosphoric ester groups is 2. The Morgan fingerprint density at radius 2 is 0.545 bits per heavy atom. The van der Waals surface area contributed by atoms with Crippen LogP contribution in [0.5, 0.6) is 0 Å². The van der Waals surface area contributed by atoms with Crippen molar-refractivity contribution in [3.05, 3.63) is 0 Å². The summed E-state index contributed by atoms with van der Waals surface area (Å²) in [7, 11) is -9.90. The molecule has 17 nitrogen and oxygen atoms in total. The minimum Gasteiger partial charge on any atom is -0.462 e. The zero-order valence-electron chi connectivity index (χ0n) is 57.3. The Labute approximate surface area is 537 Å². The van der Waals surface area contributed by atoms with E-state index in [0.717, 1.165) is 114 Å². The van der Waals surface area contributed by atoms with Crippen molar-refractivity contribution in [2.24, 2.45) is 23.7 Å². The van der Waals surface area contributed by atoms with Crippen molar-refractivity contribution in [2.75, 3.05) is 39.6 Å². The lowest BCUT2D eigenvalue weighted by atomic mass is 9.99. The minimum atomic E-state index is -4.95. The molecular formula is C69H134O17P2. The van der Waals surface area contributed by atoms with Gasteiger partial charge < -0.3 is 33.8 Å². The van der Waals surface area contributed by atoms with Gasteiger partial charge in [-0.1, -0.05) is 287 Å². The van der Waals surface area contributed by atoms with Crippen molar-refractivity contribution in [3.8, 4) is 0 Å². The van der Waals surface area contributed by atoms with Gasteiger partial charge in [0.15, 0.2) is 12.2 Å². The van der Waals surface area contributed by atoms with Crippen molar-refractivity contribution in [1.82, 2.24) is 0 Å². The molecule has 0 aliphatic heterocycles. The second-order valence-corrected chi connectivity index (χ2v) is 29.5. The molecule has 6 atom stereocenters. The molecule has 0 saturated carbocycles. The van der Waals surface area contributed by atoms with E-state index < -0.39 is 97.5 Å². The summed E-state index contributed by atoms with van der Waals surface area (Å²) in [6.07, 6.45) is 40.4. The molecule has 3 unspecified atom stereocenters. The van der Waals surface area contributed by atoms with Gasteiger partial charge in [-0.3, -0.25) is 37.3 Å². The summed E-state index contributed by atoms with van der Waals surface area (Å²) in [5.41, 5.74) is 0. The maximum Gasteiger partial charge on any atom is 0.472 e. The second-order valence-electron chi connectivity index (χ2n) is 26.6. The third kappa shape index (κ3) is 61.6. The van der Waals surface area contributed by atoms with Gasteiger partial charge in [-0.05, 0) is 49.4 Å². The smallest absolute Gasteiger partial charge is 0.462 e. The first-order valence-corrected chi connectivity index (χ1v) is 38.7. The van der Waals surface area contributed by atoms with E-state index in [1.54, 1.807) is 0 Å². The lowest BCUT2D eigenvalue weighted by Crippen LogP contribution is -2.30. The Hall–Kier alpha value is -1.94. The highest BCUT2D eigenvalue weighted by Gasteiger charge is 2.30. The molecule has 0 bridgehead atoms. The first-order valence-electron chi connectivity index (χ1n) is 35.7. The molecule has 0 aliphatic rings. The summed E-state index contributed by atoms with van der Waals surface area (Å²) >= 11 is 0. The van der Waals surface area contributed by atoms with Gasteiger partial charge in [-0.15, -0.1) is 0 Å². The number of hydrogen-bond donors (Lipinski definition) is 3. The molecule has 19 heteroatoms. The van der Waals surface area contributed by atoms with Crippen LogP contribution in [0.1, 0.15) is 338 Å². The van der Waals surface area contributed by atoms with Crippen LogP contribution in [0.4, 0.5) is 0 Å². The van der Waals surface area contributed by atoms with Crippen molar-refractivity contribution >= 4 is 39.5 Å². The molecule has 0 radical (unpaired) electrons. The standard InChI is InChI=1S/C69H134O17P2/c1-9-62(8)48-40-32-23-18-20-26-36-44-52-69(74)86-64(55-79-66(71)49-41-33-24-19-17-22-30-38-46-60(4)5)57-83-87(75,76)81-53-63(70)54-82-88(77,78)84-58-65(56-80-67(72)50-42-34-28-27-31-39-47-61(6)7)85-68(73)51-43-35-25-16-14-12-10-11-13-15-21-29-37-45-59(2)3/h59-65,70H,9-58H2,1-8H3,(H,75,76)(H,77,78)/t62?,63-,64-,65-/m1/s1. The van der Waals surface area contributed by atoms with Crippen LogP contribution in [0.2, 0.25) is 0 Å². The Morgan fingerprint density at radius 3 is 0.807 bits per heavy atom. The van der Waals surface area contributed by atoms with Crippen LogP contribution < -0.4 is 0 Å². The van der Waals surface area contributed by atoms with E-state index >= 15 is 0 Å².